The number of aromatic nitrogens is 4. The highest BCUT2D eigenvalue weighted by molar-refractivity contribution is 6.06. The Balaban J connectivity index is 1.26. The monoisotopic (exact) mass is 418 g/mol. The average molecular weight is 419 g/mol. The van der Waals surface area contributed by atoms with Crippen LogP contribution in [-0.2, 0) is 10.2 Å². The smallest absolute Gasteiger partial charge is 0.247 e. The summed E-state index contributed by atoms with van der Waals surface area (Å²) < 4.78 is 1.75. The van der Waals surface area contributed by atoms with Gasteiger partial charge in [0.25, 0.3) is 0 Å². The number of nitrogens with zero attached hydrogens (tertiary/aromatic N) is 5. The lowest BCUT2D eigenvalue weighted by Gasteiger charge is -2.45. The van der Waals surface area contributed by atoms with Crippen LogP contribution in [0.3, 0.4) is 0 Å². The summed E-state index contributed by atoms with van der Waals surface area (Å²) in [6, 6.07) is 6.26. The maximum absolute atomic E-state index is 12.2. The lowest BCUT2D eigenvalue weighted by atomic mass is 9.84. The molecule has 2 aromatic heterocycles. The van der Waals surface area contributed by atoms with Gasteiger partial charge in [-0.15, -0.1) is 5.10 Å². The molecule has 0 radical (unpaired) electrons. The van der Waals surface area contributed by atoms with E-state index in [0.29, 0.717) is 23.6 Å². The van der Waals surface area contributed by atoms with Crippen LogP contribution >= 0.6 is 0 Å². The molecule has 0 spiro atoms. The zero-order valence-electron chi connectivity index (χ0n) is 17.7. The van der Waals surface area contributed by atoms with E-state index in [9.17, 15) is 4.79 Å². The number of hydrogen-bond acceptors (Lipinski definition) is 7. The minimum atomic E-state index is -0.517. The maximum atomic E-state index is 12.2. The first-order chi connectivity index (χ1) is 15.0. The molecular weight excluding hydrogens is 392 g/mol. The number of benzene rings is 1. The van der Waals surface area contributed by atoms with Crippen molar-refractivity contribution in [3.63, 3.8) is 0 Å². The van der Waals surface area contributed by atoms with E-state index in [1.165, 1.54) is 25.9 Å². The van der Waals surface area contributed by atoms with Crippen molar-refractivity contribution in [3.05, 3.63) is 36.2 Å². The summed E-state index contributed by atoms with van der Waals surface area (Å²) >= 11 is 0. The highest BCUT2D eigenvalue weighted by Crippen LogP contribution is 2.39. The number of carbonyl (C=O) groups is 1. The quantitative estimate of drug-likeness (QED) is 0.599. The number of nitrogens with one attached hydrogen (secondary N) is 3. The van der Waals surface area contributed by atoms with E-state index in [-0.39, 0.29) is 5.91 Å². The molecular formula is C22H26N8O. The van der Waals surface area contributed by atoms with Gasteiger partial charge in [0.1, 0.15) is 0 Å². The molecule has 9 nitrogen and oxygen atoms in total. The van der Waals surface area contributed by atoms with Crippen molar-refractivity contribution in [1.82, 2.24) is 24.5 Å². The summed E-state index contributed by atoms with van der Waals surface area (Å²) in [5.41, 5.74) is 2.84. The standard InChI is InChI=1S/C22H26N8O/c1-22(2)15-4-3-14(11-16(15)26-20(22)31)24-21-27-19-18(23-7-10-30(19)28-21)25-17-12-29-8-5-13(17)6-9-29/h3-4,7,10-11,13,17H,5-6,8-9,12H2,1-2H3,(H,23,25)(H,24,28)(H,26,31). The second-order valence-electron chi connectivity index (χ2n) is 9.33. The number of carbonyl (C=O) groups excluding carboxylic acids is 1. The Morgan fingerprint density at radius 3 is 2.84 bits per heavy atom. The van der Waals surface area contributed by atoms with Gasteiger partial charge in [-0.25, -0.2) is 9.50 Å². The predicted octanol–water partition coefficient (Wildman–Crippen LogP) is 2.60. The summed E-state index contributed by atoms with van der Waals surface area (Å²) in [4.78, 5) is 24.0. The Morgan fingerprint density at radius 1 is 1.23 bits per heavy atom. The molecule has 9 heteroatoms. The van der Waals surface area contributed by atoms with Crippen molar-refractivity contribution in [2.75, 3.05) is 35.6 Å². The lowest BCUT2D eigenvalue weighted by Crippen LogP contribution is -2.53. The zero-order chi connectivity index (χ0) is 21.2. The fraction of sp³-hybridized carbons (Fsp3) is 0.455. The van der Waals surface area contributed by atoms with Crippen molar-refractivity contribution in [3.8, 4) is 0 Å². The fourth-order valence-corrected chi connectivity index (χ4v) is 5.08. The van der Waals surface area contributed by atoms with E-state index in [0.717, 1.165) is 29.3 Å². The molecule has 1 atom stereocenters. The highest BCUT2D eigenvalue weighted by Gasteiger charge is 2.38. The van der Waals surface area contributed by atoms with Crippen molar-refractivity contribution in [1.29, 1.82) is 0 Å². The van der Waals surface area contributed by atoms with Crippen molar-refractivity contribution in [2.45, 2.75) is 38.1 Å². The van der Waals surface area contributed by atoms with E-state index in [1.54, 1.807) is 16.9 Å². The molecule has 3 fully saturated rings. The summed E-state index contributed by atoms with van der Waals surface area (Å²) in [5, 5.41) is 14.4. The lowest BCUT2D eigenvalue weighted by molar-refractivity contribution is -0.119. The Bertz CT molecular complexity index is 1180. The molecule has 160 valence electrons. The minimum absolute atomic E-state index is 0.0139. The third-order valence-corrected chi connectivity index (χ3v) is 7.00. The molecule has 7 rings (SSSR count). The molecule has 3 N–H and O–H groups in total. The molecule has 4 aliphatic rings. The van der Waals surface area contributed by atoms with Gasteiger partial charge < -0.3 is 20.9 Å². The van der Waals surface area contributed by atoms with E-state index in [2.05, 4.69) is 35.9 Å². The van der Waals surface area contributed by atoms with Crippen LogP contribution in [0.5, 0.6) is 0 Å². The van der Waals surface area contributed by atoms with E-state index in [4.69, 9.17) is 0 Å². The third kappa shape index (κ3) is 3.03. The molecule has 3 aromatic rings. The van der Waals surface area contributed by atoms with Crippen LogP contribution in [0, 0.1) is 5.92 Å². The largest absolute Gasteiger partial charge is 0.363 e. The number of hydrogen-bond donors (Lipinski definition) is 3. The first-order valence-corrected chi connectivity index (χ1v) is 10.9. The van der Waals surface area contributed by atoms with Gasteiger partial charge in [-0.2, -0.15) is 4.98 Å². The van der Waals surface area contributed by atoms with Crippen LogP contribution in [0.2, 0.25) is 0 Å². The summed E-state index contributed by atoms with van der Waals surface area (Å²) in [5.74, 6) is 1.97. The maximum Gasteiger partial charge on any atom is 0.247 e. The molecule has 2 bridgehead atoms. The van der Waals surface area contributed by atoms with Gasteiger partial charge in [0.05, 0.1) is 5.41 Å². The Labute approximate surface area is 180 Å². The van der Waals surface area contributed by atoms with E-state index >= 15 is 0 Å². The van der Waals surface area contributed by atoms with Crippen molar-refractivity contribution >= 4 is 34.7 Å². The van der Waals surface area contributed by atoms with Crippen molar-refractivity contribution in [2.24, 2.45) is 5.92 Å². The molecule has 1 aromatic carbocycles. The molecule has 0 aliphatic carbocycles. The molecule has 31 heavy (non-hydrogen) atoms. The summed E-state index contributed by atoms with van der Waals surface area (Å²) in [6.07, 6.45) is 6.04. The summed E-state index contributed by atoms with van der Waals surface area (Å²) in [7, 11) is 0. The van der Waals surface area contributed by atoms with Crippen LogP contribution in [-0.4, -0.2) is 56.1 Å². The Kier molecular flexibility index (Phi) is 3.98. The molecule has 6 heterocycles. The topological polar surface area (TPSA) is 99.5 Å². The van der Waals surface area contributed by atoms with Crippen LogP contribution in [0.15, 0.2) is 30.6 Å². The molecule has 1 unspecified atom stereocenters. The van der Waals surface area contributed by atoms with Gasteiger partial charge in [-0.1, -0.05) is 6.07 Å². The Morgan fingerprint density at radius 2 is 2.06 bits per heavy atom. The van der Waals surface area contributed by atoms with Crippen LogP contribution in [0.1, 0.15) is 32.3 Å². The molecule has 1 amide bonds. The number of fused-ring (bicyclic) bond motifs is 5. The van der Waals surface area contributed by atoms with E-state index < -0.39 is 5.41 Å². The first kappa shape index (κ1) is 18.6. The average Bonchev–Trinajstić information content (AvgIpc) is 3.27. The van der Waals surface area contributed by atoms with Gasteiger partial charge in [-0.05, 0) is 63.4 Å². The number of amides is 1. The predicted molar refractivity (Wildman–Crippen MR) is 119 cm³/mol. The highest BCUT2D eigenvalue weighted by atomic mass is 16.2. The number of piperidine rings is 3. The van der Waals surface area contributed by atoms with Gasteiger partial charge >= 0.3 is 0 Å². The van der Waals surface area contributed by atoms with Crippen LogP contribution < -0.4 is 16.0 Å². The second kappa shape index (κ2) is 6.65. The number of rotatable bonds is 4. The fourth-order valence-electron chi connectivity index (χ4n) is 5.08. The Hall–Kier alpha value is -3.20. The first-order valence-electron chi connectivity index (χ1n) is 10.9. The zero-order valence-corrected chi connectivity index (χ0v) is 17.7. The normalized spacial score (nSPS) is 26.0. The summed E-state index contributed by atoms with van der Waals surface area (Å²) in [6.45, 7) is 7.34. The SMILES string of the molecule is CC1(C)C(=O)Nc2cc(Nc3nc4c(NC5CN6CCC5CC6)nccn4n3)ccc21. The minimum Gasteiger partial charge on any atom is -0.363 e. The van der Waals surface area contributed by atoms with Gasteiger partial charge in [-0.3, -0.25) is 4.79 Å². The molecule has 0 saturated carbocycles. The van der Waals surface area contributed by atoms with Crippen molar-refractivity contribution < 1.29 is 4.79 Å². The second-order valence-corrected chi connectivity index (χ2v) is 9.33. The third-order valence-electron chi connectivity index (χ3n) is 7.00. The molecule has 4 aliphatic heterocycles. The van der Waals surface area contributed by atoms with Gasteiger partial charge in [0, 0.05) is 36.4 Å². The number of anilines is 4. The van der Waals surface area contributed by atoms with Crippen LogP contribution in [0.25, 0.3) is 5.65 Å². The van der Waals surface area contributed by atoms with Crippen LogP contribution in [0.4, 0.5) is 23.1 Å². The van der Waals surface area contributed by atoms with Gasteiger partial charge in [0.15, 0.2) is 11.5 Å². The van der Waals surface area contributed by atoms with E-state index in [1.807, 2.05) is 32.0 Å². The molecule has 3 saturated heterocycles. The van der Waals surface area contributed by atoms with Gasteiger partial charge in [0.2, 0.25) is 11.9 Å².